The molecule has 7 heteroatoms. The van der Waals surface area contributed by atoms with Gasteiger partial charge in [0.25, 0.3) is 0 Å². The van der Waals surface area contributed by atoms with E-state index in [4.69, 9.17) is 9.47 Å². The maximum Gasteiger partial charge on any atom is 0.419 e. The number of carbonyl (C=O) groups is 2. The van der Waals surface area contributed by atoms with Gasteiger partial charge in [-0.15, -0.1) is 0 Å². The van der Waals surface area contributed by atoms with Crippen molar-refractivity contribution in [3.8, 4) is 6.07 Å². The lowest BCUT2D eigenvalue weighted by Crippen LogP contribution is -2.26. The first-order chi connectivity index (χ1) is 11.7. The normalized spacial score (nSPS) is 12.5. The van der Waals surface area contributed by atoms with Gasteiger partial charge in [-0.05, 0) is 45.9 Å². The molecule has 1 aromatic heterocycles. The molecule has 0 radical (unpaired) electrons. The third kappa shape index (κ3) is 3.97. The van der Waals surface area contributed by atoms with Crippen molar-refractivity contribution >= 4 is 23.0 Å². The van der Waals surface area contributed by atoms with Crippen LogP contribution in [0.5, 0.6) is 0 Å². The minimum absolute atomic E-state index is 0.121. The minimum atomic E-state index is -1.23. The second-order valence-electron chi connectivity index (χ2n) is 6.41. The predicted molar refractivity (Wildman–Crippen MR) is 88.5 cm³/mol. The highest BCUT2D eigenvalue weighted by Crippen LogP contribution is 2.30. The van der Waals surface area contributed by atoms with Crippen molar-refractivity contribution in [2.75, 3.05) is 6.61 Å². The number of hydrogen-bond donors (Lipinski definition) is 0. The van der Waals surface area contributed by atoms with E-state index >= 15 is 0 Å². The molecule has 0 amide bonds. The summed E-state index contributed by atoms with van der Waals surface area (Å²) in [7, 11) is 0. The third-order valence-corrected chi connectivity index (χ3v) is 3.35. The topological polar surface area (TPSA) is 81.3 Å². The van der Waals surface area contributed by atoms with Gasteiger partial charge in [-0.2, -0.15) is 5.26 Å². The van der Waals surface area contributed by atoms with E-state index in [0.717, 1.165) is 10.6 Å². The summed E-state index contributed by atoms with van der Waals surface area (Å²) in [5.74, 6) is -2.50. The Morgan fingerprint density at radius 1 is 1.36 bits per heavy atom. The molecule has 1 atom stereocenters. The van der Waals surface area contributed by atoms with Crippen LogP contribution in [-0.4, -0.2) is 28.8 Å². The van der Waals surface area contributed by atoms with Crippen LogP contribution in [0.15, 0.2) is 24.4 Å². The van der Waals surface area contributed by atoms with E-state index in [1.54, 1.807) is 27.7 Å². The SMILES string of the molecule is CCOC(=O)C(C#N)c1cn(C(=O)OC(C)(C)C)c2cc(F)ccc12. The summed E-state index contributed by atoms with van der Waals surface area (Å²) >= 11 is 0. The van der Waals surface area contributed by atoms with Gasteiger partial charge in [-0.1, -0.05) is 0 Å². The van der Waals surface area contributed by atoms with Gasteiger partial charge in [-0.3, -0.25) is 9.36 Å². The molecule has 25 heavy (non-hydrogen) atoms. The third-order valence-electron chi connectivity index (χ3n) is 3.35. The van der Waals surface area contributed by atoms with Crippen LogP contribution in [0, 0.1) is 17.1 Å². The molecular weight excluding hydrogens is 327 g/mol. The summed E-state index contributed by atoms with van der Waals surface area (Å²) in [4.78, 5) is 24.5. The molecule has 0 fully saturated rings. The average molecular weight is 346 g/mol. The molecule has 1 unspecified atom stereocenters. The van der Waals surface area contributed by atoms with Gasteiger partial charge in [0, 0.05) is 17.1 Å². The van der Waals surface area contributed by atoms with Crippen molar-refractivity contribution in [2.24, 2.45) is 0 Å². The summed E-state index contributed by atoms with van der Waals surface area (Å²) in [5, 5.41) is 9.78. The van der Waals surface area contributed by atoms with Crippen LogP contribution >= 0.6 is 0 Å². The number of aromatic nitrogens is 1. The van der Waals surface area contributed by atoms with Gasteiger partial charge in [0.15, 0.2) is 5.92 Å². The van der Waals surface area contributed by atoms with Crippen LogP contribution in [0.2, 0.25) is 0 Å². The van der Waals surface area contributed by atoms with Gasteiger partial charge in [0.1, 0.15) is 11.4 Å². The number of nitrogens with zero attached hydrogens (tertiary/aromatic N) is 2. The number of rotatable bonds is 3. The molecule has 0 aliphatic rings. The van der Waals surface area contributed by atoms with E-state index in [1.165, 1.54) is 18.3 Å². The molecule has 0 aliphatic heterocycles. The Bertz CT molecular complexity index is 858. The largest absolute Gasteiger partial charge is 0.465 e. The number of fused-ring (bicyclic) bond motifs is 1. The standard InChI is InChI=1S/C18H19FN2O4/c1-5-24-16(22)13(9-20)14-10-21(17(23)25-18(2,3)4)15-8-11(19)6-7-12(14)15/h6-8,10,13H,5H2,1-4H3. The first-order valence-corrected chi connectivity index (χ1v) is 7.78. The summed E-state index contributed by atoms with van der Waals surface area (Å²) < 4.78 is 25.0. The second kappa shape index (κ2) is 6.93. The van der Waals surface area contributed by atoms with E-state index in [2.05, 4.69) is 0 Å². The van der Waals surface area contributed by atoms with Crippen molar-refractivity contribution in [1.29, 1.82) is 5.26 Å². The first-order valence-electron chi connectivity index (χ1n) is 7.78. The Morgan fingerprint density at radius 3 is 2.60 bits per heavy atom. The number of esters is 1. The summed E-state index contributed by atoms with van der Waals surface area (Å²) in [6.07, 6.45) is 0.595. The molecule has 6 nitrogen and oxygen atoms in total. The number of hydrogen-bond acceptors (Lipinski definition) is 5. The van der Waals surface area contributed by atoms with E-state index in [1.807, 2.05) is 6.07 Å². The molecule has 0 N–H and O–H groups in total. The molecule has 0 spiro atoms. The van der Waals surface area contributed by atoms with Crippen molar-refractivity contribution in [3.05, 3.63) is 35.8 Å². The lowest BCUT2D eigenvalue weighted by Gasteiger charge is -2.19. The van der Waals surface area contributed by atoms with Gasteiger partial charge in [0.05, 0.1) is 18.2 Å². The summed E-state index contributed by atoms with van der Waals surface area (Å²) in [6.45, 7) is 6.86. The Balaban J connectivity index is 2.61. The van der Waals surface area contributed by atoms with Crippen molar-refractivity contribution < 1.29 is 23.5 Å². The molecular formula is C18H19FN2O4. The monoisotopic (exact) mass is 346 g/mol. The van der Waals surface area contributed by atoms with Crippen LogP contribution in [0.1, 0.15) is 39.2 Å². The maximum atomic E-state index is 13.7. The molecule has 2 rings (SSSR count). The lowest BCUT2D eigenvalue weighted by atomic mass is 10.0. The van der Waals surface area contributed by atoms with E-state index in [-0.39, 0.29) is 17.7 Å². The number of nitriles is 1. The molecule has 2 aromatic rings. The van der Waals surface area contributed by atoms with E-state index in [0.29, 0.717) is 5.39 Å². The zero-order chi connectivity index (χ0) is 18.8. The lowest BCUT2D eigenvalue weighted by molar-refractivity contribution is -0.143. The van der Waals surface area contributed by atoms with Crippen LogP contribution in [-0.2, 0) is 14.3 Å². The highest BCUT2D eigenvalue weighted by Gasteiger charge is 2.28. The highest BCUT2D eigenvalue weighted by molar-refractivity contribution is 5.96. The highest BCUT2D eigenvalue weighted by atomic mass is 19.1. The fourth-order valence-electron chi connectivity index (χ4n) is 2.39. The maximum absolute atomic E-state index is 13.7. The van der Waals surface area contributed by atoms with Crippen molar-refractivity contribution in [1.82, 2.24) is 4.57 Å². The predicted octanol–water partition coefficient (Wildman–Crippen LogP) is 3.73. The van der Waals surface area contributed by atoms with Gasteiger partial charge >= 0.3 is 12.1 Å². The van der Waals surface area contributed by atoms with Gasteiger partial charge < -0.3 is 9.47 Å². The summed E-state index contributed by atoms with van der Waals surface area (Å²) in [5.41, 5.74) is -0.271. The Labute approximate surface area is 144 Å². The fraction of sp³-hybridized carbons (Fsp3) is 0.389. The van der Waals surface area contributed by atoms with Crippen molar-refractivity contribution in [3.63, 3.8) is 0 Å². The van der Waals surface area contributed by atoms with E-state index in [9.17, 15) is 19.2 Å². The number of halogens is 1. The minimum Gasteiger partial charge on any atom is -0.465 e. The first kappa shape index (κ1) is 18.5. The fourth-order valence-corrected chi connectivity index (χ4v) is 2.39. The smallest absolute Gasteiger partial charge is 0.419 e. The van der Waals surface area contributed by atoms with Crippen LogP contribution < -0.4 is 0 Å². The summed E-state index contributed by atoms with van der Waals surface area (Å²) in [6, 6.07) is 5.65. The van der Waals surface area contributed by atoms with Gasteiger partial charge in [0.2, 0.25) is 0 Å². The Kier molecular flexibility index (Phi) is 5.12. The van der Waals surface area contributed by atoms with Crippen LogP contribution in [0.25, 0.3) is 10.9 Å². The molecule has 1 aromatic carbocycles. The molecule has 0 aliphatic carbocycles. The number of benzene rings is 1. The molecule has 0 saturated heterocycles. The quantitative estimate of drug-likeness (QED) is 0.791. The van der Waals surface area contributed by atoms with E-state index < -0.39 is 29.4 Å². The average Bonchev–Trinajstić information content (AvgIpc) is 2.85. The number of ether oxygens (including phenoxy) is 2. The van der Waals surface area contributed by atoms with Crippen LogP contribution in [0.4, 0.5) is 9.18 Å². The molecule has 0 saturated carbocycles. The Hall–Kier alpha value is -2.88. The molecule has 0 bridgehead atoms. The molecule has 1 heterocycles. The number of carbonyl (C=O) groups excluding carboxylic acids is 2. The van der Waals surface area contributed by atoms with Crippen LogP contribution in [0.3, 0.4) is 0 Å². The zero-order valence-electron chi connectivity index (χ0n) is 14.5. The van der Waals surface area contributed by atoms with Gasteiger partial charge in [-0.25, -0.2) is 9.18 Å². The Morgan fingerprint density at radius 2 is 2.04 bits per heavy atom. The second-order valence-corrected chi connectivity index (χ2v) is 6.41. The molecule has 132 valence electrons. The zero-order valence-corrected chi connectivity index (χ0v) is 14.5. The van der Waals surface area contributed by atoms with Crippen molar-refractivity contribution in [2.45, 2.75) is 39.2 Å².